The van der Waals surface area contributed by atoms with Crippen LogP contribution < -0.4 is 5.43 Å². The fourth-order valence-electron chi connectivity index (χ4n) is 0.601. The minimum atomic E-state index is 0.903. The second kappa shape index (κ2) is 7.25. The number of amidine groups is 1. The summed E-state index contributed by atoms with van der Waals surface area (Å²) in [6, 6.07) is 0. The summed E-state index contributed by atoms with van der Waals surface area (Å²) in [4.78, 5) is 4.00. The molecular weight excluding hydrogens is 138 g/mol. The van der Waals surface area contributed by atoms with Gasteiger partial charge < -0.3 is 0 Å². The Balaban J connectivity index is 3.50. The Labute approximate surface area is 68.6 Å². The lowest BCUT2D eigenvalue weighted by molar-refractivity contribution is 0.945. The Bertz CT molecular complexity index is 138. The van der Waals surface area contributed by atoms with E-state index in [0.717, 1.165) is 25.1 Å². The number of rotatable bonds is 4. The zero-order valence-electron chi connectivity index (χ0n) is 7.59. The second-order valence-electron chi connectivity index (χ2n) is 2.24. The van der Waals surface area contributed by atoms with Gasteiger partial charge in [0.1, 0.15) is 5.84 Å². The average molecular weight is 155 g/mol. The summed E-state index contributed by atoms with van der Waals surface area (Å²) in [6.07, 6.45) is 4.93. The lowest BCUT2D eigenvalue weighted by Crippen LogP contribution is -2.16. The topological polar surface area (TPSA) is 36.8 Å². The van der Waals surface area contributed by atoms with Gasteiger partial charge in [0.15, 0.2) is 0 Å². The molecule has 0 saturated carbocycles. The lowest BCUT2D eigenvalue weighted by Gasteiger charge is -1.98. The van der Waals surface area contributed by atoms with Crippen molar-refractivity contribution in [3.63, 3.8) is 0 Å². The SMILES string of the molecule is CCCC=NNC(CC)=NC. The molecule has 0 atom stereocenters. The van der Waals surface area contributed by atoms with Gasteiger partial charge in [0, 0.05) is 19.7 Å². The summed E-state index contributed by atoms with van der Waals surface area (Å²) in [5.74, 6) is 0.928. The molecule has 64 valence electrons. The molecular formula is C8H17N3. The van der Waals surface area contributed by atoms with Gasteiger partial charge in [-0.25, -0.2) is 0 Å². The third-order valence-corrected chi connectivity index (χ3v) is 1.31. The number of hydrogen-bond acceptors (Lipinski definition) is 2. The number of nitrogens with zero attached hydrogens (tertiary/aromatic N) is 2. The molecule has 0 aromatic rings. The smallest absolute Gasteiger partial charge is 0.116 e. The lowest BCUT2D eigenvalue weighted by atomic mass is 10.4. The minimum Gasteiger partial charge on any atom is -0.274 e. The first-order valence-electron chi connectivity index (χ1n) is 4.08. The molecule has 0 aliphatic carbocycles. The van der Waals surface area contributed by atoms with Crippen molar-refractivity contribution < 1.29 is 0 Å². The van der Waals surface area contributed by atoms with Gasteiger partial charge in [-0.05, 0) is 6.42 Å². The molecule has 0 heterocycles. The van der Waals surface area contributed by atoms with Crippen LogP contribution in [0.2, 0.25) is 0 Å². The fourth-order valence-corrected chi connectivity index (χ4v) is 0.601. The molecule has 0 saturated heterocycles. The van der Waals surface area contributed by atoms with E-state index in [0.29, 0.717) is 0 Å². The van der Waals surface area contributed by atoms with Crippen LogP contribution in [0, 0.1) is 0 Å². The van der Waals surface area contributed by atoms with E-state index in [9.17, 15) is 0 Å². The second-order valence-corrected chi connectivity index (χ2v) is 2.24. The highest BCUT2D eigenvalue weighted by Crippen LogP contribution is 1.82. The highest BCUT2D eigenvalue weighted by molar-refractivity contribution is 5.82. The summed E-state index contributed by atoms with van der Waals surface area (Å²) in [7, 11) is 1.77. The van der Waals surface area contributed by atoms with Crippen LogP contribution in [-0.2, 0) is 0 Å². The molecule has 0 amide bonds. The van der Waals surface area contributed by atoms with Gasteiger partial charge in [-0.1, -0.05) is 20.3 Å². The molecule has 3 nitrogen and oxygen atoms in total. The van der Waals surface area contributed by atoms with E-state index in [1.165, 1.54) is 0 Å². The van der Waals surface area contributed by atoms with E-state index < -0.39 is 0 Å². The van der Waals surface area contributed by atoms with Crippen molar-refractivity contribution in [1.82, 2.24) is 5.43 Å². The van der Waals surface area contributed by atoms with Crippen LogP contribution in [-0.4, -0.2) is 19.1 Å². The predicted octanol–water partition coefficient (Wildman–Crippen LogP) is 1.80. The number of hydrazone groups is 1. The zero-order valence-corrected chi connectivity index (χ0v) is 7.59. The van der Waals surface area contributed by atoms with Gasteiger partial charge in [0.05, 0.1) is 0 Å². The van der Waals surface area contributed by atoms with E-state index in [4.69, 9.17) is 0 Å². The molecule has 0 radical (unpaired) electrons. The van der Waals surface area contributed by atoms with Crippen molar-refractivity contribution in [3.05, 3.63) is 0 Å². The molecule has 0 unspecified atom stereocenters. The van der Waals surface area contributed by atoms with Crippen molar-refractivity contribution in [2.75, 3.05) is 7.05 Å². The maximum Gasteiger partial charge on any atom is 0.116 e. The van der Waals surface area contributed by atoms with Crippen molar-refractivity contribution in [1.29, 1.82) is 0 Å². The Morgan fingerprint density at radius 3 is 2.64 bits per heavy atom. The Morgan fingerprint density at radius 2 is 2.18 bits per heavy atom. The molecule has 0 aromatic heterocycles. The largest absolute Gasteiger partial charge is 0.274 e. The van der Waals surface area contributed by atoms with Crippen LogP contribution >= 0.6 is 0 Å². The van der Waals surface area contributed by atoms with Crippen molar-refractivity contribution in [2.24, 2.45) is 10.1 Å². The molecule has 0 aliphatic rings. The van der Waals surface area contributed by atoms with E-state index in [-0.39, 0.29) is 0 Å². The summed E-state index contributed by atoms with van der Waals surface area (Å²) in [5, 5.41) is 4.00. The van der Waals surface area contributed by atoms with Crippen molar-refractivity contribution in [3.8, 4) is 0 Å². The number of hydrogen-bond donors (Lipinski definition) is 1. The average Bonchev–Trinajstić information content (AvgIpc) is 2.05. The van der Waals surface area contributed by atoms with Crippen molar-refractivity contribution in [2.45, 2.75) is 33.1 Å². The van der Waals surface area contributed by atoms with E-state index in [1.54, 1.807) is 7.05 Å². The molecule has 0 rings (SSSR count). The first-order valence-corrected chi connectivity index (χ1v) is 4.08. The molecule has 1 N–H and O–H groups in total. The highest BCUT2D eigenvalue weighted by Gasteiger charge is 1.86. The van der Waals surface area contributed by atoms with Crippen LogP contribution in [0.5, 0.6) is 0 Å². The molecule has 0 fully saturated rings. The molecule has 0 aliphatic heterocycles. The van der Waals surface area contributed by atoms with E-state index >= 15 is 0 Å². The van der Waals surface area contributed by atoms with Gasteiger partial charge in [-0.3, -0.25) is 10.4 Å². The molecule has 0 spiro atoms. The van der Waals surface area contributed by atoms with Gasteiger partial charge in [0.25, 0.3) is 0 Å². The summed E-state index contributed by atoms with van der Waals surface area (Å²) >= 11 is 0. The molecule has 11 heavy (non-hydrogen) atoms. The van der Waals surface area contributed by atoms with Crippen LogP contribution in [0.1, 0.15) is 33.1 Å². The molecule has 3 heteroatoms. The highest BCUT2D eigenvalue weighted by atomic mass is 15.3. The monoisotopic (exact) mass is 155 g/mol. The minimum absolute atomic E-state index is 0.903. The number of unbranched alkanes of at least 4 members (excludes halogenated alkanes) is 1. The number of aliphatic imine (C=N–C) groups is 1. The van der Waals surface area contributed by atoms with Crippen LogP contribution in [0.3, 0.4) is 0 Å². The van der Waals surface area contributed by atoms with Crippen LogP contribution in [0.25, 0.3) is 0 Å². The van der Waals surface area contributed by atoms with Gasteiger partial charge in [-0.2, -0.15) is 5.10 Å². The normalized spacial score (nSPS) is 12.5. The standard InChI is InChI=1S/C8H17N3/c1-4-6-7-10-11-8(5-2)9-3/h7H,4-6H2,1-3H3,(H,9,11). The first-order chi connectivity index (χ1) is 5.35. The Morgan fingerprint density at radius 1 is 1.45 bits per heavy atom. The van der Waals surface area contributed by atoms with Gasteiger partial charge in [-0.15, -0.1) is 0 Å². The quantitative estimate of drug-likeness (QED) is 0.375. The summed E-state index contributed by atoms with van der Waals surface area (Å²) < 4.78 is 0. The summed E-state index contributed by atoms with van der Waals surface area (Å²) in [6.45, 7) is 4.17. The Hall–Kier alpha value is -0.860. The van der Waals surface area contributed by atoms with Gasteiger partial charge in [0.2, 0.25) is 0 Å². The third kappa shape index (κ3) is 5.58. The zero-order chi connectivity index (χ0) is 8.53. The van der Waals surface area contributed by atoms with Crippen LogP contribution in [0.15, 0.2) is 10.1 Å². The van der Waals surface area contributed by atoms with Crippen LogP contribution in [0.4, 0.5) is 0 Å². The maximum absolute atomic E-state index is 4.00. The fraction of sp³-hybridized carbons (Fsp3) is 0.750. The predicted molar refractivity (Wildman–Crippen MR) is 50.2 cm³/mol. The van der Waals surface area contributed by atoms with E-state index in [1.807, 2.05) is 13.1 Å². The third-order valence-electron chi connectivity index (χ3n) is 1.31. The molecule has 0 aromatic carbocycles. The van der Waals surface area contributed by atoms with Gasteiger partial charge >= 0.3 is 0 Å². The molecule has 0 bridgehead atoms. The summed E-state index contributed by atoms with van der Waals surface area (Å²) in [5.41, 5.74) is 2.87. The van der Waals surface area contributed by atoms with Crippen molar-refractivity contribution >= 4 is 12.1 Å². The number of nitrogens with one attached hydrogen (secondary N) is 1. The Kier molecular flexibility index (Phi) is 6.68. The first kappa shape index (κ1) is 10.1. The van der Waals surface area contributed by atoms with E-state index in [2.05, 4.69) is 22.4 Å². The maximum atomic E-state index is 4.00.